The van der Waals surface area contributed by atoms with Crippen LogP contribution in [0.3, 0.4) is 0 Å². The normalized spacial score (nSPS) is 22.5. The molecule has 101 valence electrons. The lowest BCUT2D eigenvalue weighted by molar-refractivity contribution is 0.829. The van der Waals surface area contributed by atoms with Crippen molar-refractivity contribution in [3.63, 3.8) is 0 Å². The largest absolute Gasteiger partial charge is 0.0719 e. The fraction of sp³-hybridized carbons (Fsp3) is 0.300. The van der Waals surface area contributed by atoms with Crippen LogP contribution in [0.2, 0.25) is 0 Å². The summed E-state index contributed by atoms with van der Waals surface area (Å²) in [4.78, 5) is 0. The summed E-state index contributed by atoms with van der Waals surface area (Å²) in [5.74, 6) is 0.528. The number of allylic oxidation sites excluding steroid dienone is 8. The average molecular weight is 261 g/mol. The molecule has 0 saturated heterocycles. The monoisotopic (exact) mass is 261 g/mol. The maximum Gasteiger partial charge on any atom is 0.00316 e. The maximum atomic E-state index is 3.54. The van der Waals surface area contributed by atoms with Crippen molar-refractivity contribution in [1.29, 1.82) is 0 Å². The first kappa shape index (κ1) is 13.2. The van der Waals surface area contributed by atoms with Crippen molar-refractivity contribution in [1.82, 2.24) is 0 Å². The van der Waals surface area contributed by atoms with Crippen molar-refractivity contribution in [2.24, 2.45) is 5.92 Å². The summed E-state index contributed by atoms with van der Waals surface area (Å²) in [5.41, 5.74) is 9.91. The molecule has 0 bridgehead atoms. The number of hydrogen-bond donors (Lipinski definition) is 0. The number of hydrogen-bond acceptors (Lipinski definition) is 0. The van der Waals surface area contributed by atoms with Crippen molar-refractivity contribution in [2.45, 2.75) is 34.1 Å². The van der Waals surface area contributed by atoms with Gasteiger partial charge in [0.1, 0.15) is 0 Å². The van der Waals surface area contributed by atoms with Gasteiger partial charge in [0.25, 0.3) is 0 Å². The standard InChI is InChI=1S/C20H21/c1-13-14(2)16(4)20(15(13)3)19-12-8-11-18(19)17-9-6-5-7-10-17/h5-7,9-10,12,15H,8H2,1-4H3. The Hall–Kier alpha value is -1.82. The third-order valence-corrected chi connectivity index (χ3v) is 4.85. The molecule has 1 radical (unpaired) electrons. The van der Waals surface area contributed by atoms with E-state index >= 15 is 0 Å². The summed E-state index contributed by atoms with van der Waals surface area (Å²) in [6, 6.07) is 10.7. The predicted octanol–water partition coefficient (Wildman–Crippen LogP) is 5.51. The molecule has 1 aromatic carbocycles. The van der Waals surface area contributed by atoms with Gasteiger partial charge in [-0.2, -0.15) is 0 Å². The molecule has 1 unspecified atom stereocenters. The lowest BCUT2D eigenvalue weighted by atomic mass is 9.86. The molecule has 2 aliphatic rings. The highest BCUT2D eigenvalue weighted by Gasteiger charge is 2.28. The average Bonchev–Trinajstić information content (AvgIpc) is 3.01. The summed E-state index contributed by atoms with van der Waals surface area (Å²) in [7, 11) is 0. The van der Waals surface area contributed by atoms with Gasteiger partial charge in [0.2, 0.25) is 0 Å². The lowest BCUT2D eigenvalue weighted by Crippen LogP contribution is -2.02. The highest BCUT2D eigenvalue weighted by molar-refractivity contribution is 5.86. The molecule has 20 heavy (non-hydrogen) atoms. The zero-order chi connectivity index (χ0) is 14.3. The fourth-order valence-electron chi connectivity index (χ4n) is 3.36. The second kappa shape index (κ2) is 4.94. The van der Waals surface area contributed by atoms with Gasteiger partial charge < -0.3 is 0 Å². The topological polar surface area (TPSA) is 0 Å². The van der Waals surface area contributed by atoms with Crippen LogP contribution in [0, 0.1) is 12.0 Å². The van der Waals surface area contributed by atoms with Crippen LogP contribution in [-0.2, 0) is 0 Å². The molecule has 0 fully saturated rings. The van der Waals surface area contributed by atoms with E-state index in [1.165, 1.54) is 39.0 Å². The zero-order valence-corrected chi connectivity index (χ0v) is 12.7. The maximum absolute atomic E-state index is 3.54. The van der Waals surface area contributed by atoms with Gasteiger partial charge in [0.15, 0.2) is 0 Å². The van der Waals surface area contributed by atoms with E-state index in [4.69, 9.17) is 0 Å². The SMILES string of the molecule is CC1=C(C)C(C)C(C2=CC[C]=C2c2ccccc2)=C1C. The van der Waals surface area contributed by atoms with Crippen molar-refractivity contribution in [2.75, 3.05) is 0 Å². The van der Waals surface area contributed by atoms with E-state index in [0.717, 1.165) is 6.42 Å². The van der Waals surface area contributed by atoms with E-state index in [1.54, 1.807) is 0 Å². The van der Waals surface area contributed by atoms with Crippen LogP contribution >= 0.6 is 0 Å². The molecule has 1 aromatic rings. The van der Waals surface area contributed by atoms with E-state index in [1.807, 2.05) is 0 Å². The van der Waals surface area contributed by atoms with Crippen LogP contribution in [-0.4, -0.2) is 0 Å². The quantitative estimate of drug-likeness (QED) is 0.659. The van der Waals surface area contributed by atoms with Crippen LogP contribution in [0.15, 0.2) is 64.3 Å². The van der Waals surface area contributed by atoms with Gasteiger partial charge in [-0.3, -0.25) is 0 Å². The minimum absolute atomic E-state index is 0.528. The van der Waals surface area contributed by atoms with E-state index in [9.17, 15) is 0 Å². The van der Waals surface area contributed by atoms with E-state index in [0.29, 0.717) is 5.92 Å². The molecule has 0 saturated carbocycles. The highest BCUT2D eigenvalue weighted by Crippen LogP contribution is 2.45. The van der Waals surface area contributed by atoms with Gasteiger partial charge in [0.05, 0.1) is 0 Å². The molecule has 0 aliphatic heterocycles. The fourth-order valence-corrected chi connectivity index (χ4v) is 3.36. The van der Waals surface area contributed by atoms with Gasteiger partial charge in [0, 0.05) is 5.92 Å². The molecular weight excluding hydrogens is 240 g/mol. The minimum Gasteiger partial charge on any atom is -0.0719 e. The van der Waals surface area contributed by atoms with Gasteiger partial charge in [-0.05, 0) is 66.7 Å². The molecule has 1 atom stereocenters. The van der Waals surface area contributed by atoms with E-state index in [-0.39, 0.29) is 0 Å². The van der Waals surface area contributed by atoms with Crippen molar-refractivity contribution < 1.29 is 0 Å². The molecule has 3 rings (SSSR count). The highest BCUT2D eigenvalue weighted by atomic mass is 14.3. The predicted molar refractivity (Wildman–Crippen MR) is 86.0 cm³/mol. The Kier molecular flexibility index (Phi) is 3.25. The lowest BCUT2D eigenvalue weighted by Gasteiger charge is -2.17. The Labute approximate surface area is 122 Å². The van der Waals surface area contributed by atoms with Crippen LogP contribution in [0.1, 0.15) is 39.7 Å². The molecule has 0 nitrogen and oxygen atoms in total. The third-order valence-electron chi connectivity index (χ3n) is 4.85. The van der Waals surface area contributed by atoms with Crippen LogP contribution in [0.4, 0.5) is 0 Å². The van der Waals surface area contributed by atoms with Crippen molar-refractivity contribution in [3.8, 4) is 0 Å². The molecular formula is C20H21. The smallest absolute Gasteiger partial charge is 0.00316 e. The second-order valence-electron chi connectivity index (χ2n) is 5.81. The van der Waals surface area contributed by atoms with Crippen LogP contribution in [0.25, 0.3) is 5.57 Å². The molecule has 0 amide bonds. The van der Waals surface area contributed by atoms with E-state index in [2.05, 4.69) is 70.2 Å². The van der Waals surface area contributed by atoms with Gasteiger partial charge in [-0.1, -0.05) is 48.9 Å². The Bertz CT molecular complexity index is 663. The first-order valence-electron chi connectivity index (χ1n) is 7.37. The molecule has 2 aliphatic carbocycles. The summed E-state index contributed by atoms with van der Waals surface area (Å²) in [6.07, 6.45) is 6.81. The summed E-state index contributed by atoms with van der Waals surface area (Å²) in [5, 5.41) is 0. The molecule has 0 heterocycles. The van der Waals surface area contributed by atoms with Crippen LogP contribution < -0.4 is 0 Å². The third kappa shape index (κ3) is 1.91. The minimum atomic E-state index is 0.528. The molecule has 0 aromatic heterocycles. The number of rotatable bonds is 2. The molecule has 0 N–H and O–H groups in total. The zero-order valence-electron chi connectivity index (χ0n) is 12.7. The van der Waals surface area contributed by atoms with Gasteiger partial charge >= 0.3 is 0 Å². The summed E-state index contributed by atoms with van der Waals surface area (Å²) < 4.78 is 0. The van der Waals surface area contributed by atoms with Crippen molar-refractivity contribution >= 4 is 5.57 Å². The number of benzene rings is 1. The Morgan fingerprint density at radius 1 is 1.00 bits per heavy atom. The first-order chi connectivity index (χ1) is 9.61. The Morgan fingerprint density at radius 3 is 2.30 bits per heavy atom. The summed E-state index contributed by atoms with van der Waals surface area (Å²) in [6.45, 7) is 9.10. The Morgan fingerprint density at radius 2 is 1.70 bits per heavy atom. The van der Waals surface area contributed by atoms with Crippen molar-refractivity contribution in [3.05, 3.63) is 75.9 Å². The summed E-state index contributed by atoms with van der Waals surface area (Å²) >= 11 is 0. The molecule has 0 heteroatoms. The van der Waals surface area contributed by atoms with Crippen LogP contribution in [0.5, 0.6) is 0 Å². The van der Waals surface area contributed by atoms with Gasteiger partial charge in [-0.25, -0.2) is 0 Å². The van der Waals surface area contributed by atoms with Gasteiger partial charge in [-0.15, -0.1) is 0 Å². The Balaban J connectivity index is 2.03. The van der Waals surface area contributed by atoms with E-state index < -0.39 is 0 Å². The second-order valence-corrected chi connectivity index (χ2v) is 5.81. The first-order valence-corrected chi connectivity index (χ1v) is 7.37. The molecule has 0 spiro atoms.